The minimum Gasteiger partial charge on any atom is -0.480 e. The number of aliphatic carboxylic acids is 1. The molecular weight excluding hydrogens is 670 g/mol. The quantitative estimate of drug-likeness (QED) is 0.0731. The van der Waals surface area contributed by atoms with Crippen LogP contribution >= 0.6 is 0 Å². The minimum atomic E-state index is -1.42. The maximum Gasteiger partial charge on any atom is 0.331 e. The number of carboxylic acids is 1. The first-order chi connectivity index (χ1) is 24.1. The van der Waals surface area contributed by atoms with Crippen molar-refractivity contribution >= 4 is 40.6 Å². The maximum atomic E-state index is 13.5. The Morgan fingerprint density at radius 1 is 1.08 bits per heavy atom. The number of aliphatic hydroxyl groups is 1. The minimum absolute atomic E-state index is 0.0214. The third-order valence-electron chi connectivity index (χ3n) is 7.84. The molecule has 0 bridgehead atoms. The Labute approximate surface area is 291 Å². The van der Waals surface area contributed by atoms with Gasteiger partial charge in [0, 0.05) is 55.5 Å². The van der Waals surface area contributed by atoms with Crippen molar-refractivity contribution in [3.63, 3.8) is 0 Å². The topological polar surface area (TPSA) is 283 Å². The summed E-state index contributed by atoms with van der Waals surface area (Å²) in [5.41, 5.74) is 5.82. The number of fused-ring (bicyclic) bond motifs is 1. The van der Waals surface area contributed by atoms with E-state index in [1.165, 1.54) is 34.0 Å². The van der Waals surface area contributed by atoms with Gasteiger partial charge in [-0.2, -0.15) is 0 Å². The molecule has 0 aliphatic heterocycles. The summed E-state index contributed by atoms with van der Waals surface area (Å²) in [7, 11) is 1.38. The highest BCUT2D eigenvalue weighted by molar-refractivity contribution is 5.92. The molecule has 0 aliphatic carbocycles. The number of nitrogens with one attached hydrogen (secondary N) is 6. The first-order valence-corrected chi connectivity index (χ1v) is 15.8. The number of urea groups is 1. The molecule has 2 heterocycles. The smallest absolute Gasteiger partial charge is 0.331 e. The van der Waals surface area contributed by atoms with E-state index in [2.05, 4.69) is 31.2 Å². The third-order valence-corrected chi connectivity index (χ3v) is 7.84. The van der Waals surface area contributed by atoms with E-state index in [9.17, 15) is 43.8 Å². The lowest BCUT2D eigenvalue weighted by Gasteiger charge is -2.32. The summed E-state index contributed by atoms with van der Waals surface area (Å²) in [5, 5.41) is 29.6. The number of hydrogen-bond donors (Lipinski definition) is 9. The molecule has 0 saturated heterocycles. The molecule has 10 N–H and O–H groups in total. The van der Waals surface area contributed by atoms with Crippen molar-refractivity contribution in [1.82, 2.24) is 40.7 Å². The molecule has 1 unspecified atom stereocenters. The molecule has 5 atom stereocenters. The molecule has 0 fully saturated rings. The highest BCUT2D eigenvalue weighted by Gasteiger charge is 2.32. The summed E-state index contributed by atoms with van der Waals surface area (Å²) in [5.74, 6) is -3.51. The van der Waals surface area contributed by atoms with E-state index >= 15 is 0 Å². The number of aliphatic hydroxyl groups excluding tert-OH is 1. The summed E-state index contributed by atoms with van der Waals surface area (Å²) < 4.78 is 6.78. The molecule has 0 spiro atoms. The van der Waals surface area contributed by atoms with Gasteiger partial charge in [-0.05, 0) is 32.4 Å². The zero-order chi connectivity index (χ0) is 37.8. The van der Waals surface area contributed by atoms with Gasteiger partial charge in [0.1, 0.15) is 17.8 Å². The number of H-pyrrole nitrogens is 2. The zero-order valence-electron chi connectivity index (χ0n) is 28.5. The highest BCUT2D eigenvalue weighted by atomic mass is 16.5. The number of rotatable bonds is 17. The number of likely N-dealkylation sites (N-methyl/N-ethyl adjacent to an activating group) is 1. The van der Waals surface area contributed by atoms with Crippen LogP contribution in [0.1, 0.15) is 39.0 Å². The monoisotopic (exact) mass is 713 g/mol. The van der Waals surface area contributed by atoms with E-state index in [-0.39, 0.29) is 18.6 Å². The Balaban J connectivity index is 1.70. The molecule has 0 aliphatic rings. The van der Waals surface area contributed by atoms with E-state index in [0.29, 0.717) is 5.56 Å². The van der Waals surface area contributed by atoms with Crippen LogP contribution in [0.25, 0.3) is 10.9 Å². The van der Waals surface area contributed by atoms with Gasteiger partial charge in [-0.1, -0.05) is 18.2 Å². The summed E-state index contributed by atoms with van der Waals surface area (Å²) in [6.45, 7) is 3.33. The Morgan fingerprint density at radius 3 is 2.43 bits per heavy atom. The number of para-hydroxylation sites is 1. The molecule has 5 amide bonds. The van der Waals surface area contributed by atoms with Crippen LogP contribution in [-0.4, -0.2) is 104 Å². The molecule has 0 radical (unpaired) electrons. The van der Waals surface area contributed by atoms with E-state index < -0.39 is 84.5 Å². The summed E-state index contributed by atoms with van der Waals surface area (Å²) in [4.78, 5) is 93.5. The van der Waals surface area contributed by atoms with Gasteiger partial charge >= 0.3 is 17.7 Å². The molecular formula is C32H43N9O10. The number of aromatic nitrogens is 3. The summed E-state index contributed by atoms with van der Waals surface area (Å²) in [6.07, 6.45) is 2.84. The first kappa shape index (κ1) is 39.5. The molecule has 0 saturated carbocycles. The van der Waals surface area contributed by atoms with Crippen molar-refractivity contribution in [2.45, 2.75) is 64.0 Å². The molecule has 3 aromatic rings. The molecule has 276 valence electrons. The van der Waals surface area contributed by atoms with Crippen molar-refractivity contribution in [1.29, 1.82) is 0 Å². The number of aromatic amines is 2. The number of benzene rings is 1. The SMILES string of the molecule is CC(O/C(=C\NC(=O)[C@@H](NC(=O)CNC(=O)N[C@@H](Cc1c[nH]c2ccccc12)C(=O)O)[C@H](C)N(C)C(=O)[C@H](C)N)CCO)n1ccc(=O)[nH]c1=O. The summed E-state index contributed by atoms with van der Waals surface area (Å²) in [6, 6.07) is 2.73. The second-order valence-corrected chi connectivity index (χ2v) is 11.6. The molecule has 19 heteroatoms. The largest absolute Gasteiger partial charge is 0.480 e. The number of carbonyl (C=O) groups is 5. The second-order valence-electron chi connectivity index (χ2n) is 11.6. The fourth-order valence-corrected chi connectivity index (χ4v) is 4.97. The predicted molar refractivity (Wildman–Crippen MR) is 183 cm³/mol. The predicted octanol–water partition coefficient (Wildman–Crippen LogP) is -1.43. The number of nitrogens with zero attached hydrogens (tertiary/aromatic N) is 2. The zero-order valence-corrected chi connectivity index (χ0v) is 28.5. The van der Waals surface area contributed by atoms with Crippen LogP contribution in [0.3, 0.4) is 0 Å². The van der Waals surface area contributed by atoms with E-state index in [4.69, 9.17) is 10.5 Å². The lowest BCUT2D eigenvalue weighted by atomic mass is 10.1. The third kappa shape index (κ3) is 11.0. The molecule has 19 nitrogen and oxygen atoms in total. The van der Waals surface area contributed by atoms with Gasteiger partial charge in [0.05, 0.1) is 25.2 Å². The Kier molecular flexibility index (Phi) is 14.1. The number of hydrogen-bond acceptors (Lipinski definition) is 10. The standard InChI is InChI=1S/C32H43N9O10/c1-17(33)29(46)40(4)18(2)27(28(45)35-15-21(10-12-42)51-19(3)41-11-9-25(43)39-32(41)50)38-26(44)16-36-31(49)37-24(30(47)48)13-20-14-34-23-8-6-5-7-22(20)23/h5-9,11,14-15,17-19,24,27,34,42H,10,12-13,16,33H2,1-4H3,(H,35,45)(H,38,44)(H,47,48)(H2,36,37,49)(H,39,43,50)/b21-15-/t17-,18-,19?,24-,27-/m0/s1. The van der Waals surface area contributed by atoms with Gasteiger partial charge in [-0.3, -0.25) is 28.7 Å². The fourth-order valence-electron chi connectivity index (χ4n) is 4.97. The molecule has 1 aromatic carbocycles. The van der Waals surface area contributed by atoms with Crippen LogP contribution in [0.5, 0.6) is 0 Å². The highest BCUT2D eigenvalue weighted by Crippen LogP contribution is 2.19. The van der Waals surface area contributed by atoms with Crippen LogP contribution in [0.4, 0.5) is 4.79 Å². The van der Waals surface area contributed by atoms with Crippen LogP contribution in [-0.2, 0) is 30.3 Å². The van der Waals surface area contributed by atoms with Gasteiger partial charge in [0.15, 0.2) is 6.23 Å². The van der Waals surface area contributed by atoms with E-state index in [0.717, 1.165) is 32.6 Å². The second kappa shape index (κ2) is 18.2. The number of carbonyl (C=O) groups excluding carboxylic acids is 4. The molecule has 3 rings (SSSR count). The molecule has 51 heavy (non-hydrogen) atoms. The Bertz CT molecular complexity index is 1860. The van der Waals surface area contributed by atoms with Crippen LogP contribution in [0, 0.1) is 0 Å². The lowest BCUT2D eigenvalue weighted by Crippen LogP contribution is -2.60. The Morgan fingerprint density at radius 2 is 1.78 bits per heavy atom. The normalized spacial score (nSPS) is 14.4. The van der Waals surface area contributed by atoms with Crippen molar-refractivity contribution < 1.29 is 38.9 Å². The van der Waals surface area contributed by atoms with Gasteiger partial charge < -0.3 is 51.8 Å². The van der Waals surface area contributed by atoms with Gasteiger partial charge in [-0.15, -0.1) is 0 Å². The van der Waals surface area contributed by atoms with Crippen molar-refractivity contribution in [2.24, 2.45) is 5.73 Å². The van der Waals surface area contributed by atoms with Crippen LogP contribution < -0.4 is 38.2 Å². The van der Waals surface area contributed by atoms with Crippen LogP contribution in [0.2, 0.25) is 0 Å². The van der Waals surface area contributed by atoms with Gasteiger partial charge in [0.2, 0.25) is 17.7 Å². The van der Waals surface area contributed by atoms with Crippen molar-refractivity contribution in [3.8, 4) is 0 Å². The van der Waals surface area contributed by atoms with E-state index in [1.54, 1.807) is 12.3 Å². The number of nitrogens with two attached hydrogens (primary N) is 1. The first-order valence-electron chi connectivity index (χ1n) is 15.8. The number of amides is 5. The fraction of sp³-hybridized carbons (Fsp3) is 0.406. The van der Waals surface area contributed by atoms with Crippen molar-refractivity contribution in [2.75, 3.05) is 20.2 Å². The average molecular weight is 714 g/mol. The van der Waals surface area contributed by atoms with Gasteiger partial charge in [-0.25, -0.2) is 14.4 Å². The molecule has 2 aromatic heterocycles. The maximum absolute atomic E-state index is 13.5. The van der Waals surface area contributed by atoms with Gasteiger partial charge in [0.25, 0.3) is 5.56 Å². The Hall–Kier alpha value is -5.95. The van der Waals surface area contributed by atoms with Crippen molar-refractivity contribution in [3.05, 3.63) is 81.1 Å². The lowest BCUT2D eigenvalue weighted by molar-refractivity contribution is -0.139. The number of carboxylic acid groups (broad SMARTS) is 1. The van der Waals surface area contributed by atoms with Crippen LogP contribution in [0.15, 0.2) is 64.3 Å². The summed E-state index contributed by atoms with van der Waals surface area (Å²) >= 11 is 0. The average Bonchev–Trinajstić information content (AvgIpc) is 3.49. The number of ether oxygens (including phenoxy) is 1. The van der Waals surface area contributed by atoms with E-state index in [1.807, 2.05) is 18.2 Å².